The van der Waals surface area contributed by atoms with E-state index in [0.717, 1.165) is 44.2 Å². The zero-order valence-electron chi connectivity index (χ0n) is 14.2. The van der Waals surface area contributed by atoms with Crippen LogP contribution >= 0.6 is 0 Å². The molecule has 8 nitrogen and oxygen atoms in total. The third kappa shape index (κ3) is 3.25. The molecule has 3 rings (SSSR count). The van der Waals surface area contributed by atoms with Crippen molar-refractivity contribution < 1.29 is 19.3 Å². The van der Waals surface area contributed by atoms with Gasteiger partial charge in [0, 0.05) is 33.2 Å². The third-order valence-corrected chi connectivity index (χ3v) is 4.60. The summed E-state index contributed by atoms with van der Waals surface area (Å²) in [6, 6.07) is -0.333. The Morgan fingerprint density at radius 2 is 2.00 bits per heavy atom. The molecule has 0 aliphatic carbocycles. The second-order valence-corrected chi connectivity index (χ2v) is 6.15. The molecule has 1 N–H and O–H groups in total. The normalized spacial score (nSPS) is 26.8. The molecule has 0 aromatic carbocycles. The maximum absolute atomic E-state index is 12.5. The lowest BCUT2D eigenvalue weighted by Crippen LogP contribution is -2.79. The number of ether oxygens (including phenoxy) is 1. The van der Waals surface area contributed by atoms with Gasteiger partial charge in [-0.05, 0) is 12.5 Å². The Morgan fingerprint density at radius 1 is 1.25 bits per heavy atom. The monoisotopic (exact) mass is 334 g/mol. The topological polar surface area (TPSA) is 79.4 Å². The van der Waals surface area contributed by atoms with Crippen LogP contribution in [0.5, 0.6) is 0 Å². The summed E-state index contributed by atoms with van der Waals surface area (Å²) in [4.78, 5) is 37.1. The summed E-state index contributed by atoms with van der Waals surface area (Å²) in [5.74, 6) is -0.180. The van der Waals surface area contributed by atoms with Crippen molar-refractivity contribution in [2.24, 2.45) is 10.9 Å². The van der Waals surface area contributed by atoms with E-state index < -0.39 is 5.92 Å². The number of nitrogens with one attached hydrogen (secondary N) is 1. The molecule has 0 saturated carbocycles. The zero-order chi connectivity index (χ0) is 17.1. The summed E-state index contributed by atoms with van der Waals surface area (Å²) < 4.78 is 5.34. The summed E-state index contributed by atoms with van der Waals surface area (Å²) in [7, 11) is 3.17. The molecular weight excluding hydrogens is 310 g/mol. The minimum absolute atomic E-state index is 0.239. The number of amides is 3. The van der Waals surface area contributed by atoms with Gasteiger partial charge in [-0.3, -0.25) is 14.7 Å². The molecule has 1 unspecified atom stereocenters. The van der Waals surface area contributed by atoms with Gasteiger partial charge in [0.25, 0.3) is 11.7 Å². The average molecular weight is 334 g/mol. The largest absolute Gasteiger partial charge is 0.417 e. The molecule has 3 heterocycles. The second kappa shape index (κ2) is 7.23. The van der Waals surface area contributed by atoms with E-state index in [9.17, 15) is 9.59 Å². The Hall–Kier alpha value is -2.06. The molecule has 130 valence electrons. The fraction of sp³-hybridized carbons (Fsp3) is 0.625. The van der Waals surface area contributed by atoms with Gasteiger partial charge >= 0.3 is 6.03 Å². The number of aliphatic imine (C=N–C) groups is 1. The van der Waals surface area contributed by atoms with Gasteiger partial charge in [-0.1, -0.05) is 0 Å². The molecule has 1 atom stereocenters. The first-order chi connectivity index (χ1) is 11.6. The first-order valence-electron chi connectivity index (χ1n) is 8.29. The highest BCUT2D eigenvalue weighted by Gasteiger charge is 2.49. The van der Waals surface area contributed by atoms with Gasteiger partial charge in [-0.15, -0.1) is 0 Å². The minimum Gasteiger partial charge on any atom is -0.379 e. The van der Waals surface area contributed by atoms with Crippen molar-refractivity contribution >= 4 is 23.5 Å². The summed E-state index contributed by atoms with van der Waals surface area (Å²) in [6.45, 7) is 5.17. The molecule has 24 heavy (non-hydrogen) atoms. The van der Waals surface area contributed by atoms with Crippen LogP contribution in [0.15, 0.2) is 17.3 Å². The lowest BCUT2D eigenvalue weighted by Gasteiger charge is -2.31. The molecule has 3 aliphatic rings. The number of rotatable bonds is 4. The van der Waals surface area contributed by atoms with Crippen molar-refractivity contribution in [3.63, 3.8) is 0 Å². The van der Waals surface area contributed by atoms with Crippen LogP contribution in [0.25, 0.3) is 0 Å². The van der Waals surface area contributed by atoms with Gasteiger partial charge in [-0.2, -0.15) is 4.90 Å². The number of fused-ring (bicyclic) bond motifs is 1. The summed E-state index contributed by atoms with van der Waals surface area (Å²) >= 11 is 0. The Labute approximate surface area is 141 Å². The molecule has 2 fully saturated rings. The highest BCUT2D eigenvalue weighted by atomic mass is 16.5. The molecule has 0 aromatic heterocycles. The number of hydrogen-bond donors (Lipinski definition) is 1. The number of nitrogens with zero attached hydrogens (tertiary/aromatic N) is 4. The Morgan fingerprint density at radius 3 is 2.75 bits per heavy atom. The number of allylic oxidation sites excluding steroid dienone is 1. The third-order valence-electron chi connectivity index (χ3n) is 4.60. The van der Waals surface area contributed by atoms with Crippen molar-refractivity contribution in [2.45, 2.75) is 6.42 Å². The van der Waals surface area contributed by atoms with Crippen LogP contribution in [-0.4, -0.2) is 91.7 Å². The van der Waals surface area contributed by atoms with Crippen molar-refractivity contribution in [3.8, 4) is 0 Å². The second-order valence-electron chi connectivity index (χ2n) is 6.15. The smallest absolute Gasteiger partial charge is 0.379 e. The van der Waals surface area contributed by atoms with Crippen molar-refractivity contribution in [1.82, 2.24) is 14.7 Å². The van der Waals surface area contributed by atoms with Crippen LogP contribution in [-0.2, 0) is 9.53 Å². The number of amidine groups is 1. The average Bonchev–Trinajstić information content (AvgIpc) is 2.62. The molecule has 0 bridgehead atoms. The highest BCUT2D eigenvalue weighted by molar-refractivity contribution is 6.30. The standard InChI is InChI=1S/C16H23N5O3/c1-19-14-13(15(22)20(2)16(19)23)12(4-6-18-14)17-5-3-7-21-8-10-24-11-9-21/h4,6,13H,3,5,7-11H2,1-2H3/p+1. The SMILES string of the molecule is CN1C(=O)C2C(=NCCCN3CCOCC3)C=C[NH+]=C2N(C)C1=O. The van der Waals surface area contributed by atoms with Gasteiger partial charge in [-0.25, -0.2) is 14.7 Å². The molecule has 0 spiro atoms. The lowest BCUT2D eigenvalue weighted by molar-refractivity contribution is -0.382. The molecule has 0 aromatic rings. The summed E-state index contributed by atoms with van der Waals surface area (Å²) in [5.41, 5.74) is 0.710. The number of hydrogen-bond acceptors (Lipinski definition) is 5. The molecule has 0 radical (unpaired) electrons. The highest BCUT2D eigenvalue weighted by Crippen LogP contribution is 2.17. The maximum atomic E-state index is 12.5. The summed E-state index contributed by atoms with van der Waals surface area (Å²) in [6.07, 6.45) is 4.49. The van der Waals surface area contributed by atoms with Gasteiger partial charge in [0.05, 0.1) is 32.2 Å². The van der Waals surface area contributed by atoms with Gasteiger partial charge < -0.3 is 4.74 Å². The lowest BCUT2D eigenvalue weighted by atomic mass is 9.95. The number of urea groups is 1. The van der Waals surface area contributed by atoms with Crippen LogP contribution in [0.4, 0.5) is 4.79 Å². The Kier molecular flexibility index (Phi) is 5.06. The van der Waals surface area contributed by atoms with E-state index in [0.29, 0.717) is 18.1 Å². The fourth-order valence-corrected chi connectivity index (χ4v) is 3.15. The number of imide groups is 1. The maximum Gasteiger partial charge on any atom is 0.417 e. The van der Waals surface area contributed by atoms with Crippen LogP contribution in [0, 0.1) is 5.92 Å². The van der Waals surface area contributed by atoms with Crippen molar-refractivity contribution in [1.29, 1.82) is 0 Å². The molecule has 3 amide bonds. The number of carbonyl (C=O) groups is 2. The predicted octanol–water partition coefficient (Wildman–Crippen LogP) is -1.70. The number of carbonyl (C=O) groups excluding carboxylic acids is 2. The van der Waals surface area contributed by atoms with E-state index in [1.165, 1.54) is 11.9 Å². The number of morpholine rings is 1. The van der Waals surface area contributed by atoms with E-state index >= 15 is 0 Å². The van der Waals surface area contributed by atoms with E-state index in [4.69, 9.17) is 4.74 Å². The van der Waals surface area contributed by atoms with Gasteiger partial charge in [0.2, 0.25) is 0 Å². The first-order valence-corrected chi connectivity index (χ1v) is 8.29. The molecule has 8 heteroatoms. The quantitative estimate of drug-likeness (QED) is 0.622. The molecule has 2 saturated heterocycles. The minimum atomic E-state index is -0.522. The van der Waals surface area contributed by atoms with Crippen LogP contribution in [0.2, 0.25) is 0 Å². The van der Waals surface area contributed by atoms with Crippen molar-refractivity contribution in [3.05, 3.63) is 12.3 Å². The molecule has 3 aliphatic heterocycles. The summed E-state index contributed by atoms with van der Waals surface area (Å²) in [5, 5.41) is 0. The van der Waals surface area contributed by atoms with Crippen LogP contribution in [0.3, 0.4) is 0 Å². The van der Waals surface area contributed by atoms with Crippen molar-refractivity contribution in [2.75, 3.05) is 53.5 Å². The van der Waals surface area contributed by atoms with E-state index in [1.54, 1.807) is 13.2 Å². The Balaban J connectivity index is 1.63. The predicted molar refractivity (Wildman–Crippen MR) is 88.7 cm³/mol. The first kappa shape index (κ1) is 16.8. The van der Waals surface area contributed by atoms with Gasteiger partial charge in [0.1, 0.15) is 0 Å². The van der Waals surface area contributed by atoms with E-state index in [2.05, 4.69) is 14.9 Å². The Bertz CT molecular complexity index is 607. The van der Waals surface area contributed by atoms with Gasteiger partial charge in [0.15, 0.2) is 5.92 Å². The van der Waals surface area contributed by atoms with Crippen LogP contribution in [0.1, 0.15) is 6.42 Å². The fourth-order valence-electron chi connectivity index (χ4n) is 3.15. The van der Waals surface area contributed by atoms with E-state index in [-0.39, 0.29) is 11.9 Å². The van der Waals surface area contributed by atoms with E-state index in [1.807, 2.05) is 6.08 Å². The van der Waals surface area contributed by atoms with Crippen LogP contribution < -0.4 is 4.99 Å². The molecular formula is C16H24N5O3+. The zero-order valence-corrected chi connectivity index (χ0v) is 14.2.